The Bertz CT molecular complexity index is 463. The number of fused-ring (bicyclic) bond motifs is 2. The van der Waals surface area contributed by atoms with Gasteiger partial charge in [-0.05, 0) is 50.1 Å². The maximum absolute atomic E-state index is 12.5. The smallest absolute Gasteiger partial charge is 0.233 e. The molecule has 0 saturated carbocycles. The van der Waals surface area contributed by atoms with Crippen molar-refractivity contribution in [3.8, 4) is 5.75 Å². The van der Waals surface area contributed by atoms with E-state index >= 15 is 0 Å². The quantitative estimate of drug-likeness (QED) is 0.835. The number of rotatable bonds is 3. The number of hydrogen-bond donors (Lipinski definition) is 2. The van der Waals surface area contributed by atoms with Gasteiger partial charge in [-0.25, -0.2) is 0 Å². The molecule has 0 aliphatic carbocycles. The number of phenols is 1. The molecule has 1 aromatic rings. The normalized spacial score (nSPS) is 25.5. The van der Waals surface area contributed by atoms with Gasteiger partial charge in [0.25, 0.3) is 0 Å². The summed E-state index contributed by atoms with van der Waals surface area (Å²) in [6.45, 7) is 1.96. The Balaban J connectivity index is 1.60. The van der Waals surface area contributed by atoms with E-state index in [0.717, 1.165) is 37.2 Å². The molecular weight excluding hydrogens is 272 g/mol. The molecule has 2 unspecified atom stereocenters. The monoisotopic (exact) mass is 292 g/mol. The fraction of sp³-hybridized carbons (Fsp3) is 0.533. The molecule has 20 heavy (non-hydrogen) atoms. The predicted molar refractivity (Wildman–Crippen MR) is 80.0 cm³/mol. The van der Waals surface area contributed by atoms with Gasteiger partial charge in [-0.2, -0.15) is 0 Å². The maximum atomic E-state index is 12.5. The molecule has 0 spiro atoms. The van der Waals surface area contributed by atoms with Gasteiger partial charge in [-0.3, -0.25) is 4.79 Å². The summed E-state index contributed by atoms with van der Waals surface area (Å²) in [4.78, 5) is 15.6. The van der Waals surface area contributed by atoms with Gasteiger partial charge in [0.1, 0.15) is 5.75 Å². The predicted octanol–water partition coefficient (Wildman–Crippen LogP) is 1.84. The largest absolute Gasteiger partial charge is 0.508 e. The third-order valence-electron chi connectivity index (χ3n) is 4.14. The van der Waals surface area contributed by atoms with Crippen LogP contribution in [0.1, 0.15) is 19.3 Å². The Hall–Kier alpha value is -1.20. The van der Waals surface area contributed by atoms with E-state index in [1.165, 1.54) is 0 Å². The second kappa shape index (κ2) is 6.06. The number of amides is 1. The second-order valence-electron chi connectivity index (χ2n) is 5.46. The third-order valence-corrected chi connectivity index (χ3v) is 5.14. The molecule has 2 fully saturated rings. The summed E-state index contributed by atoms with van der Waals surface area (Å²) in [6, 6.07) is 7.84. The SMILES string of the molecule is O=C(CSc1ccc(O)cc1)N1C2CCNCC1CC2. The van der Waals surface area contributed by atoms with Crippen molar-refractivity contribution in [3.63, 3.8) is 0 Å². The van der Waals surface area contributed by atoms with E-state index in [-0.39, 0.29) is 11.7 Å². The van der Waals surface area contributed by atoms with Crippen molar-refractivity contribution in [2.45, 2.75) is 36.2 Å². The van der Waals surface area contributed by atoms with Crippen molar-refractivity contribution >= 4 is 17.7 Å². The molecular formula is C15H20N2O2S. The summed E-state index contributed by atoms with van der Waals surface area (Å²) in [7, 11) is 0. The number of nitrogens with one attached hydrogen (secondary N) is 1. The maximum Gasteiger partial charge on any atom is 0.233 e. The number of phenolic OH excluding ortho intramolecular Hbond substituents is 1. The number of carbonyl (C=O) groups is 1. The average Bonchev–Trinajstić information content (AvgIpc) is 2.71. The number of aromatic hydroxyl groups is 1. The van der Waals surface area contributed by atoms with E-state index in [9.17, 15) is 9.90 Å². The number of nitrogens with zero attached hydrogens (tertiary/aromatic N) is 1. The van der Waals surface area contributed by atoms with Crippen LogP contribution in [0, 0.1) is 0 Å². The summed E-state index contributed by atoms with van der Waals surface area (Å²) in [5.41, 5.74) is 0. The first-order valence-corrected chi connectivity index (χ1v) is 8.16. The first-order valence-electron chi connectivity index (χ1n) is 7.18. The molecule has 5 heteroatoms. The first kappa shape index (κ1) is 13.8. The molecule has 2 aliphatic rings. The number of thioether (sulfide) groups is 1. The van der Waals surface area contributed by atoms with Crippen LogP contribution in [0.25, 0.3) is 0 Å². The highest BCUT2D eigenvalue weighted by Gasteiger charge is 2.37. The Morgan fingerprint density at radius 1 is 1.25 bits per heavy atom. The van der Waals surface area contributed by atoms with Gasteiger partial charge in [-0.1, -0.05) is 0 Å². The van der Waals surface area contributed by atoms with Gasteiger partial charge in [0.15, 0.2) is 0 Å². The van der Waals surface area contributed by atoms with Crippen LogP contribution in [0.15, 0.2) is 29.2 Å². The molecule has 2 bridgehead atoms. The highest BCUT2D eigenvalue weighted by atomic mass is 32.2. The molecule has 2 aliphatic heterocycles. The molecule has 0 aromatic heterocycles. The molecule has 4 nitrogen and oxygen atoms in total. The first-order chi connectivity index (χ1) is 9.74. The van der Waals surface area contributed by atoms with Gasteiger partial charge in [-0.15, -0.1) is 11.8 Å². The lowest BCUT2D eigenvalue weighted by atomic mass is 10.1. The number of hydrogen-bond acceptors (Lipinski definition) is 4. The summed E-state index contributed by atoms with van der Waals surface area (Å²) in [5.74, 6) is 0.995. The van der Waals surface area contributed by atoms with Crippen LogP contribution < -0.4 is 5.32 Å². The summed E-state index contributed by atoms with van der Waals surface area (Å²) in [6.07, 6.45) is 3.36. The van der Waals surface area contributed by atoms with E-state index in [1.54, 1.807) is 23.9 Å². The van der Waals surface area contributed by atoms with Crippen molar-refractivity contribution in [1.82, 2.24) is 10.2 Å². The minimum Gasteiger partial charge on any atom is -0.508 e. The molecule has 0 radical (unpaired) electrons. The highest BCUT2D eigenvalue weighted by molar-refractivity contribution is 8.00. The van der Waals surface area contributed by atoms with E-state index in [1.807, 2.05) is 12.1 Å². The van der Waals surface area contributed by atoms with Crippen molar-refractivity contribution in [2.75, 3.05) is 18.8 Å². The zero-order chi connectivity index (χ0) is 13.9. The molecule has 2 heterocycles. The molecule has 2 N–H and O–H groups in total. The summed E-state index contributed by atoms with van der Waals surface area (Å²) >= 11 is 1.55. The third kappa shape index (κ3) is 2.94. The van der Waals surface area contributed by atoms with Gasteiger partial charge in [0.2, 0.25) is 5.91 Å². The Labute approximate surface area is 123 Å². The summed E-state index contributed by atoms with van der Waals surface area (Å²) < 4.78 is 0. The van der Waals surface area contributed by atoms with Crippen LogP contribution >= 0.6 is 11.8 Å². The van der Waals surface area contributed by atoms with Crippen LogP contribution in [0.4, 0.5) is 0 Å². The molecule has 2 saturated heterocycles. The summed E-state index contributed by atoms with van der Waals surface area (Å²) in [5, 5.41) is 12.7. The lowest BCUT2D eigenvalue weighted by Gasteiger charge is -2.27. The van der Waals surface area contributed by atoms with Gasteiger partial charge in [0.05, 0.1) is 5.75 Å². The second-order valence-corrected chi connectivity index (χ2v) is 6.51. The topological polar surface area (TPSA) is 52.6 Å². The van der Waals surface area contributed by atoms with Crippen LogP contribution in [-0.4, -0.2) is 46.8 Å². The van der Waals surface area contributed by atoms with Crippen LogP contribution in [-0.2, 0) is 4.79 Å². The van der Waals surface area contributed by atoms with Crippen LogP contribution in [0.3, 0.4) is 0 Å². The van der Waals surface area contributed by atoms with E-state index < -0.39 is 0 Å². The van der Waals surface area contributed by atoms with Crippen molar-refractivity contribution in [2.24, 2.45) is 0 Å². The van der Waals surface area contributed by atoms with E-state index in [2.05, 4.69) is 10.2 Å². The Morgan fingerprint density at radius 3 is 2.80 bits per heavy atom. The van der Waals surface area contributed by atoms with Gasteiger partial charge in [0, 0.05) is 23.5 Å². The molecule has 2 atom stereocenters. The average molecular weight is 292 g/mol. The number of benzene rings is 1. The zero-order valence-electron chi connectivity index (χ0n) is 11.4. The molecule has 3 rings (SSSR count). The van der Waals surface area contributed by atoms with Crippen molar-refractivity contribution in [3.05, 3.63) is 24.3 Å². The van der Waals surface area contributed by atoms with Crippen molar-refractivity contribution in [1.29, 1.82) is 0 Å². The minimum atomic E-state index is 0.249. The Morgan fingerprint density at radius 2 is 2.00 bits per heavy atom. The lowest BCUT2D eigenvalue weighted by Crippen LogP contribution is -2.43. The highest BCUT2D eigenvalue weighted by Crippen LogP contribution is 2.29. The van der Waals surface area contributed by atoms with Crippen molar-refractivity contribution < 1.29 is 9.90 Å². The molecule has 1 amide bonds. The van der Waals surface area contributed by atoms with Crippen LogP contribution in [0.5, 0.6) is 5.75 Å². The fourth-order valence-electron chi connectivity index (χ4n) is 3.15. The van der Waals surface area contributed by atoms with E-state index in [0.29, 0.717) is 17.8 Å². The molecule has 1 aromatic carbocycles. The number of carbonyl (C=O) groups excluding carboxylic acids is 1. The lowest BCUT2D eigenvalue weighted by molar-refractivity contribution is -0.130. The standard InChI is InChI=1S/C15H20N2O2S/c18-13-3-5-14(6-4-13)20-10-15(19)17-11-1-2-12(17)9-16-8-7-11/h3-6,11-12,16,18H,1-2,7-10H2. The van der Waals surface area contributed by atoms with Crippen LogP contribution in [0.2, 0.25) is 0 Å². The van der Waals surface area contributed by atoms with Gasteiger partial charge >= 0.3 is 0 Å². The fourth-order valence-corrected chi connectivity index (χ4v) is 3.92. The Kier molecular flexibility index (Phi) is 4.17. The van der Waals surface area contributed by atoms with E-state index in [4.69, 9.17) is 0 Å². The van der Waals surface area contributed by atoms with Gasteiger partial charge < -0.3 is 15.3 Å². The molecule has 108 valence electrons. The minimum absolute atomic E-state index is 0.249. The zero-order valence-corrected chi connectivity index (χ0v) is 12.2.